The van der Waals surface area contributed by atoms with Crippen molar-refractivity contribution < 1.29 is 8.78 Å². The smallest absolute Gasteiger partial charge is 0.147 e. The molecule has 3 N–H and O–H groups in total. The number of hydrogen-bond donors (Lipinski definition) is 2. The van der Waals surface area contributed by atoms with Gasteiger partial charge in [0, 0.05) is 11.6 Å². The third-order valence-corrected chi connectivity index (χ3v) is 4.48. The molecule has 0 aliphatic carbocycles. The number of anilines is 1. The first-order valence-corrected chi connectivity index (χ1v) is 11.9. The Morgan fingerprint density at radius 1 is 0.962 bits per heavy atom. The quantitative estimate of drug-likeness (QED) is 0.304. The van der Waals surface area contributed by atoms with E-state index in [2.05, 4.69) is 36.1 Å². The van der Waals surface area contributed by atoms with Gasteiger partial charge in [-0.25, -0.2) is 8.78 Å². The lowest BCUT2D eigenvalue weighted by Crippen LogP contribution is -2.16. The highest BCUT2D eigenvalue weighted by molar-refractivity contribution is 6.83. The third-order valence-electron chi connectivity index (χ3n) is 3.60. The molecule has 0 spiro atoms. The number of fused-ring (bicyclic) bond motifs is 1. The molecule has 3 rings (SSSR count). The first-order chi connectivity index (χ1) is 12.1. The summed E-state index contributed by atoms with van der Waals surface area (Å²) in [5.74, 6) is 2.43. The van der Waals surface area contributed by atoms with Crippen molar-refractivity contribution in [2.24, 2.45) is 0 Å². The SMILES string of the molecule is Cc1cc(F)c(N)c(C#C[Si](C)(C)C)c1.Cc1cc(F)c2[nH]ccc2c1. The summed E-state index contributed by atoms with van der Waals surface area (Å²) in [5, 5.41) is 0.933. The maximum absolute atomic E-state index is 13.3. The number of nitrogens with two attached hydrogens (primary N) is 1. The van der Waals surface area contributed by atoms with E-state index in [4.69, 9.17) is 5.73 Å². The molecule has 5 heteroatoms. The highest BCUT2D eigenvalue weighted by Crippen LogP contribution is 2.18. The van der Waals surface area contributed by atoms with Crippen molar-refractivity contribution in [2.75, 3.05) is 5.73 Å². The molecule has 136 valence electrons. The number of H-pyrrole nitrogens is 1. The molecule has 2 aromatic carbocycles. The fourth-order valence-corrected chi connectivity index (χ4v) is 2.89. The normalized spacial score (nSPS) is 10.7. The average molecular weight is 371 g/mol. The van der Waals surface area contributed by atoms with E-state index < -0.39 is 8.07 Å². The summed E-state index contributed by atoms with van der Waals surface area (Å²) in [7, 11) is -1.44. The van der Waals surface area contributed by atoms with E-state index in [1.54, 1.807) is 6.20 Å². The molecule has 0 saturated heterocycles. The van der Waals surface area contributed by atoms with E-state index >= 15 is 0 Å². The lowest BCUT2D eigenvalue weighted by Gasteiger charge is -2.05. The topological polar surface area (TPSA) is 41.8 Å². The van der Waals surface area contributed by atoms with Crippen LogP contribution in [-0.4, -0.2) is 13.1 Å². The van der Waals surface area contributed by atoms with Gasteiger partial charge >= 0.3 is 0 Å². The molecule has 3 aromatic rings. The van der Waals surface area contributed by atoms with Gasteiger partial charge in [-0.3, -0.25) is 0 Å². The number of benzene rings is 2. The van der Waals surface area contributed by atoms with Crippen molar-refractivity contribution in [3.63, 3.8) is 0 Å². The largest absolute Gasteiger partial charge is 0.395 e. The van der Waals surface area contributed by atoms with Gasteiger partial charge in [0.25, 0.3) is 0 Å². The van der Waals surface area contributed by atoms with E-state index in [1.807, 2.05) is 32.0 Å². The first-order valence-electron chi connectivity index (χ1n) is 8.39. The zero-order chi connectivity index (χ0) is 19.5. The van der Waals surface area contributed by atoms with Crippen LogP contribution in [0.5, 0.6) is 0 Å². The summed E-state index contributed by atoms with van der Waals surface area (Å²) < 4.78 is 26.3. The van der Waals surface area contributed by atoms with Crippen molar-refractivity contribution in [3.8, 4) is 11.5 Å². The number of aromatic amines is 1. The second-order valence-electron chi connectivity index (χ2n) is 7.40. The van der Waals surface area contributed by atoms with Crippen LogP contribution in [0.2, 0.25) is 19.6 Å². The van der Waals surface area contributed by atoms with Crippen LogP contribution in [0, 0.1) is 36.9 Å². The van der Waals surface area contributed by atoms with Crippen LogP contribution in [0.3, 0.4) is 0 Å². The van der Waals surface area contributed by atoms with Gasteiger partial charge in [-0.2, -0.15) is 0 Å². The van der Waals surface area contributed by atoms with Gasteiger partial charge in [0.05, 0.1) is 16.8 Å². The first kappa shape index (κ1) is 19.7. The zero-order valence-electron chi connectivity index (χ0n) is 15.8. The van der Waals surface area contributed by atoms with Crippen LogP contribution in [0.1, 0.15) is 16.7 Å². The number of hydrogen-bond acceptors (Lipinski definition) is 1. The fourth-order valence-electron chi connectivity index (χ4n) is 2.38. The molecule has 2 nitrogen and oxygen atoms in total. The Hall–Kier alpha value is -2.58. The third kappa shape index (κ3) is 5.20. The van der Waals surface area contributed by atoms with Gasteiger partial charge in [0.2, 0.25) is 0 Å². The molecule has 0 unspecified atom stereocenters. The Labute approximate surface area is 154 Å². The van der Waals surface area contributed by atoms with E-state index in [0.717, 1.165) is 16.5 Å². The molecule has 0 bridgehead atoms. The van der Waals surface area contributed by atoms with Crippen LogP contribution in [-0.2, 0) is 0 Å². The Kier molecular flexibility index (Phi) is 5.89. The number of nitrogen functional groups attached to an aromatic ring is 1. The second kappa shape index (κ2) is 7.75. The molecule has 1 aromatic heterocycles. The van der Waals surface area contributed by atoms with Crippen LogP contribution in [0.25, 0.3) is 10.9 Å². The molecule has 0 amide bonds. The molecule has 0 saturated carbocycles. The number of halogens is 2. The molecule has 0 aliphatic rings. The Bertz CT molecular complexity index is 989. The number of nitrogens with one attached hydrogen (secondary N) is 1. The van der Waals surface area contributed by atoms with Crippen LogP contribution >= 0.6 is 0 Å². The van der Waals surface area contributed by atoms with Gasteiger partial charge in [0.15, 0.2) is 0 Å². The van der Waals surface area contributed by atoms with E-state index in [-0.39, 0.29) is 17.3 Å². The van der Waals surface area contributed by atoms with E-state index in [1.165, 1.54) is 12.1 Å². The molecular weight excluding hydrogens is 346 g/mol. The van der Waals surface area contributed by atoms with Crippen molar-refractivity contribution in [1.29, 1.82) is 0 Å². The molecule has 1 heterocycles. The number of rotatable bonds is 0. The highest BCUT2D eigenvalue weighted by atomic mass is 28.3. The maximum Gasteiger partial charge on any atom is 0.147 e. The van der Waals surface area contributed by atoms with Crippen LogP contribution in [0.4, 0.5) is 14.5 Å². The lowest BCUT2D eigenvalue weighted by atomic mass is 10.1. The summed E-state index contributed by atoms with van der Waals surface area (Å²) in [6, 6.07) is 8.60. The van der Waals surface area contributed by atoms with Gasteiger partial charge in [-0.1, -0.05) is 25.6 Å². The summed E-state index contributed by atoms with van der Waals surface area (Å²) in [6.07, 6.45) is 1.74. The molecule has 0 radical (unpaired) electrons. The lowest BCUT2D eigenvalue weighted by molar-refractivity contribution is 0.631. The Morgan fingerprint density at radius 3 is 2.23 bits per heavy atom. The minimum absolute atomic E-state index is 0.159. The molecule has 0 fully saturated rings. The molecule has 0 atom stereocenters. The number of aromatic nitrogens is 1. The molecule has 26 heavy (non-hydrogen) atoms. The Balaban J connectivity index is 0.000000195. The van der Waals surface area contributed by atoms with Crippen molar-refractivity contribution >= 4 is 24.7 Å². The summed E-state index contributed by atoms with van der Waals surface area (Å²) in [5.41, 5.74) is 12.0. The van der Waals surface area contributed by atoms with E-state index in [9.17, 15) is 8.78 Å². The van der Waals surface area contributed by atoms with Gasteiger partial charge in [-0.05, 0) is 55.3 Å². The summed E-state index contributed by atoms with van der Waals surface area (Å²) in [4.78, 5) is 2.84. The molecular formula is C21H24F2N2Si. The van der Waals surface area contributed by atoms with Gasteiger partial charge in [-0.15, -0.1) is 5.54 Å². The van der Waals surface area contributed by atoms with Gasteiger partial charge in [0.1, 0.15) is 19.7 Å². The minimum Gasteiger partial charge on any atom is -0.395 e. The summed E-state index contributed by atoms with van der Waals surface area (Å²) in [6.45, 7) is 10.1. The average Bonchev–Trinajstić information content (AvgIpc) is 2.98. The van der Waals surface area contributed by atoms with Crippen LogP contribution in [0.15, 0.2) is 36.5 Å². The van der Waals surface area contributed by atoms with Crippen LogP contribution < -0.4 is 5.73 Å². The predicted molar refractivity (Wildman–Crippen MR) is 109 cm³/mol. The highest BCUT2D eigenvalue weighted by Gasteiger charge is 2.09. The van der Waals surface area contributed by atoms with Crippen molar-refractivity contribution in [1.82, 2.24) is 4.98 Å². The zero-order valence-corrected chi connectivity index (χ0v) is 16.8. The molecule has 0 aliphatic heterocycles. The second-order valence-corrected chi connectivity index (χ2v) is 12.1. The number of aryl methyl sites for hydroxylation is 2. The minimum atomic E-state index is -1.44. The monoisotopic (exact) mass is 370 g/mol. The standard InChI is InChI=1S/C12H16FNSi.C9H8FN/c1-9-7-10(5-6-15(2,3)4)12(14)11(13)8-9;1-6-4-7-2-3-11-9(7)8(10)5-6/h7-8H,14H2,1-4H3;2-5,11H,1H3. The summed E-state index contributed by atoms with van der Waals surface area (Å²) >= 11 is 0. The predicted octanol–water partition coefficient (Wildman–Crippen LogP) is 5.56. The van der Waals surface area contributed by atoms with Crippen molar-refractivity contribution in [2.45, 2.75) is 33.5 Å². The Morgan fingerprint density at radius 2 is 1.58 bits per heavy atom. The van der Waals surface area contributed by atoms with Gasteiger partial charge < -0.3 is 10.7 Å². The van der Waals surface area contributed by atoms with Crippen molar-refractivity contribution in [3.05, 3.63) is 64.9 Å². The fraction of sp³-hybridized carbons (Fsp3) is 0.238. The maximum atomic E-state index is 13.3. The van der Waals surface area contributed by atoms with E-state index in [0.29, 0.717) is 11.1 Å².